The second-order valence-electron chi connectivity index (χ2n) is 4.07. The van der Waals surface area contributed by atoms with E-state index in [1.165, 1.54) is 4.57 Å². The fraction of sp³-hybridized carbons (Fsp3) is 0. The van der Waals surface area contributed by atoms with Crippen LogP contribution in [0.1, 0.15) is 21.0 Å². The van der Waals surface area contributed by atoms with Crippen molar-refractivity contribution in [3.05, 3.63) is 47.0 Å². The molecule has 0 unspecified atom stereocenters. The number of halogens is 1. The van der Waals surface area contributed by atoms with E-state index in [4.69, 9.17) is 16.7 Å². The molecule has 100 valence electrons. The topological polar surface area (TPSA) is 101 Å². The molecule has 0 aliphatic carbocycles. The first kappa shape index (κ1) is 12.4. The van der Waals surface area contributed by atoms with Crippen molar-refractivity contribution in [3.63, 3.8) is 0 Å². The van der Waals surface area contributed by atoms with E-state index in [2.05, 4.69) is 15.4 Å². The first-order chi connectivity index (χ1) is 9.56. The number of aromatic carboxylic acids is 1. The van der Waals surface area contributed by atoms with Crippen LogP contribution in [0.4, 0.5) is 0 Å². The summed E-state index contributed by atoms with van der Waals surface area (Å²) in [4.78, 5) is 23.2. The van der Waals surface area contributed by atoms with Crippen molar-refractivity contribution < 1.29 is 14.7 Å². The number of nitrogens with one attached hydrogen (secondary N) is 1. The van der Waals surface area contributed by atoms with Crippen LogP contribution >= 0.6 is 11.6 Å². The molecule has 7 nitrogen and oxygen atoms in total. The van der Waals surface area contributed by atoms with Crippen molar-refractivity contribution in [1.82, 2.24) is 20.0 Å². The number of carbonyl (C=O) groups excluding carboxylic acids is 1. The molecule has 20 heavy (non-hydrogen) atoms. The second-order valence-corrected chi connectivity index (χ2v) is 4.51. The third kappa shape index (κ3) is 1.94. The van der Waals surface area contributed by atoms with E-state index >= 15 is 0 Å². The summed E-state index contributed by atoms with van der Waals surface area (Å²) in [6.45, 7) is 0. The van der Waals surface area contributed by atoms with E-state index in [0.29, 0.717) is 5.02 Å². The predicted octanol–water partition coefficient (Wildman–Crippen LogP) is 1.80. The minimum atomic E-state index is -1.32. The Balaban J connectivity index is 2.08. The quantitative estimate of drug-likeness (QED) is 0.749. The zero-order valence-electron chi connectivity index (χ0n) is 9.87. The van der Waals surface area contributed by atoms with Crippen molar-refractivity contribution >= 4 is 34.2 Å². The molecule has 0 saturated carbocycles. The van der Waals surface area contributed by atoms with Crippen molar-refractivity contribution in [1.29, 1.82) is 0 Å². The van der Waals surface area contributed by atoms with E-state index in [0.717, 1.165) is 10.8 Å². The van der Waals surface area contributed by atoms with Crippen LogP contribution in [0, 0.1) is 0 Å². The zero-order chi connectivity index (χ0) is 14.3. The van der Waals surface area contributed by atoms with Gasteiger partial charge in [-0.25, -0.2) is 4.79 Å². The lowest BCUT2D eigenvalue weighted by molar-refractivity contribution is 0.0684. The normalized spacial score (nSPS) is 10.8. The molecule has 2 aromatic heterocycles. The van der Waals surface area contributed by atoms with E-state index in [9.17, 15) is 9.59 Å². The second kappa shape index (κ2) is 4.46. The number of hydrogen-bond acceptors (Lipinski definition) is 4. The molecule has 0 aliphatic heterocycles. The number of benzene rings is 1. The predicted molar refractivity (Wildman–Crippen MR) is 70.0 cm³/mol. The number of rotatable bonds is 2. The average Bonchev–Trinajstić information content (AvgIpc) is 3.03. The summed E-state index contributed by atoms with van der Waals surface area (Å²) in [5, 5.41) is 20.2. The van der Waals surface area contributed by atoms with Gasteiger partial charge >= 0.3 is 5.97 Å². The molecular formula is C12H7ClN4O3. The molecule has 3 aromatic rings. The maximum Gasteiger partial charge on any atom is 0.358 e. The monoisotopic (exact) mass is 290 g/mol. The van der Waals surface area contributed by atoms with E-state index in [1.807, 2.05) is 0 Å². The van der Waals surface area contributed by atoms with Gasteiger partial charge in [-0.15, -0.1) is 10.2 Å². The highest BCUT2D eigenvalue weighted by atomic mass is 35.5. The highest BCUT2D eigenvalue weighted by Gasteiger charge is 2.23. The minimum absolute atomic E-state index is 0.246. The van der Waals surface area contributed by atoms with Crippen molar-refractivity contribution in [2.24, 2.45) is 0 Å². The largest absolute Gasteiger partial charge is 0.476 e. The number of fused-ring (bicyclic) bond motifs is 1. The van der Waals surface area contributed by atoms with Gasteiger partial charge in [0.15, 0.2) is 5.69 Å². The number of carboxylic acid groups (broad SMARTS) is 1. The molecular weight excluding hydrogens is 284 g/mol. The van der Waals surface area contributed by atoms with Gasteiger partial charge in [0.1, 0.15) is 0 Å². The summed E-state index contributed by atoms with van der Waals surface area (Å²) in [6.07, 6.45) is 3.14. The number of H-pyrrole nitrogens is 1. The molecule has 0 atom stereocenters. The van der Waals surface area contributed by atoms with Crippen LogP contribution in [0.5, 0.6) is 0 Å². The summed E-state index contributed by atoms with van der Waals surface area (Å²) >= 11 is 5.87. The Morgan fingerprint density at radius 2 is 1.85 bits per heavy atom. The third-order valence-electron chi connectivity index (χ3n) is 2.79. The van der Waals surface area contributed by atoms with Gasteiger partial charge in [0.25, 0.3) is 5.91 Å². The molecule has 3 rings (SSSR count). The van der Waals surface area contributed by atoms with Gasteiger partial charge in [0.05, 0.1) is 0 Å². The molecule has 0 saturated heterocycles. The summed E-state index contributed by atoms with van der Waals surface area (Å²) in [5.41, 5.74) is -0.658. The van der Waals surface area contributed by atoms with Gasteiger partial charge in [-0.3, -0.25) is 9.36 Å². The highest BCUT2D eigenvalue weighted by Crippen LogP contribution is 2.20. The van der Waals surface area contributed by atoms with E-state index in [1.54, 1.807) is 30.6 Å². The van der Waals surface area contributed by atoms with Crippen LogP contribution < -0.4 is 0 Å². The smallest absolute Gasteiger partial charge is 0.358 e. The number of aromatic nitrogens is 4. The Labute approximate surface area is 116 Å². The van der Waals surface area contributed by atoms with Crippen LogP contribution in [-0.4, -0.2) is 37.0 Å². The van der Waals surface area contributed by atoms with Gasteiger partial charge in [-0.05, 0) is 17.5 Å². The van der Waals surface area contributed by atoms with Crippen LogP contribution in [0.3, 0.4) is 0 Å². The van der Waals surface area contributed by atoms with Gasteiger partial charge in [-0.1, -0.05) is 17.7 Å². The maximum absolute atomic E-state index is 12.2. The molecule has 0 radical (unpaired) electrons. The Bertz CT molecular complexity index is 836. The molecule has 0 bridgehead atoms. The van der Waals surface area contributed by atoms with Crippen molar-refractivity contribution in [2.45, 2.75) is 0 Å². The summed E-state index contributed by atoms with van der Waals surface area (Å²) in [7, 11) is 0. The molecule has 2 N–H and O–H groups in total. The number of hydrogen-bond donors (Lipinski definition) is 2. The Hall–Kier alpha value is -2.67. The highest BCUT2D eigenvalue weighted by molar-refractivity contribution is 6.31. The standard InChI is InChI=1S/C12H7ClN4O3/c13-8-2-1-6-4-17(5-7(6)3-8)11(18)9-10(12(19)20)15-16-14-9/h1-5H,(H,19,20)(H,14,15,16). The Morgan fingerprint density at radius 3 is 2.60 bits per heavy atom. The maximum atomic E-state index is 12.2. The SMILES string of the molecule is O=C(O)c1n[nH]nc1C(=O)n1cc2ccc(Cl)cc2c1. The van der Waals surface area contributed by atoms with Gasteiger partial charge < -0.3 is 5.11 Å². The fourth-order valence-corrected chi connectivity index (χ4v) is 2.06. The fourth-order valence-electron chi connectivity index (χ4n) is 1.88. The van der Waals surface area contributed by atoms with Gasteiger partial charge in [0, 0.05) is 22.8 Å². The molecule has 0 fully saturated rings. The molecule has 0 amide bonds. The zero-order valence-corrected chi connectivity index (χ0v) is 10.6. The lowest BCUT2D eigenvalue weighted by Crippen LogP contribution is -2.14. The molecule has 0 spiro atoms. The van der Waals surface area contributed by atoms with Crippen LogP contribution in [0.25, 0.3) is 10.8 Å². The minimum Gasteiger partial charge on any atom is -0.476 e. The number of nitrogens with zero attached hydrogens (tertiary/aromatic N) is 3. The van der Waals surface area contributed by atoms with Crippen LogP contribution in [-0.2, 0) is 0 Å². The first-order valence-corrected chi connectivity index (χ1v) is 5.90. The summed E-state index contributed by atoms with van der Waals surface area (Å²) < 4.78 is 1.26. The Kier molecular flexibility index (Phi) is 2.76. The molecule has 2 heterocycles. The summed E-state index contributed by atoms with van der Waals surface area (Å²) in [6, 6.07) is 5.18. The third-order valence-corrected chi connectivity index (χ3v) is 3.03. The van der Waals surface area contributed by atoms with Crippen LogP contribution in [0.15, 0.2) is 30.6 Å². The van der Waals surface area contributed by atoms with Crippen molar-refractivity contribution in [2.75, 3.05) is 0 Å². The molecule has 1 aromatic carbocycles. The van der Waals surface area contributed by atoms with Gasteiger partial charge in [-0.2, -0.15) is 5.21 Å². The van der Waals surface area contributed by atoms with E-state index in [-0.39, 0.29) is 5.69 Å². The van der Waals surface area contributed by atoms with Gasteiger partial charge in [0.2, 0.25) is 5.69 Å². The number of aromatic amines is 1. The van der Waals surface area contributed by atoms with Crippen molar-refractivity contribution in [3.8, 4) is 0 Å². The lowest BCUT2D eigenvalue weighted by Gasteiger charge is -1.97. The number of carbonyl (C=O) groups is 2. The average molecular weight is 291 g/mol. The molecule has 0 aliphatic rings. The molecule has 8 heteroatoms. The number of carboxylic acids is 1. The van der Waals surface area contributed by atoms with Crippen LogP contribution in [0.2, 0.25) is 5.02 Å². The lowest BCUT2D eigenvalue weighted by atomic mass is 10.2. The van der Waals surface area contributed by atoms with E-state index < -0.39 is 17.6 Å². The summed E-state index contributed by atoms with van der Waals surface area (Å²) in [5.74, 6) is -1.90. The first-order valence-electron chi connectivity index (χ1n) is 5.52. The Morgan fingerprint density at radius 1 is 1.15 bits per heavy atom.